The molecular weight excluding hydrogens is 247 g/mol. The van der Waals surface area contributed by atoms with E-state index in [0.29, 0.717) is 0 Å². The highest BCUT2D eigenvalue weighted by Crippen LogP contribution is 2.23. The predicted molar refractivity (Wildman–Crippen MR) is 52.4 cm³/mol. The molecule has 0 aliphatic carbocycles. The summed E-state index contributed by atoms with van der Waals surface area (Å²) >= 11 is 5.42. The Balaban J connectivity index is 2.85. The van der Waals surface area contributed by atoms with Gasteiger partial charge in [0.1, 0.15) is 12.4 Å². The maximum atomic E-state index is 12.3. The zero-order valence-electron chi connectivity index (χ0n) is 8.75. The number of nitrogens with zero attached hydrogens (tertiary/aromatic N) is 3. The number of rotatable bonds is 4. The van der Waals surface area contributed by atoms with Gasteiger partial charge < -0.3 is 9.32 Å². The van der Waals surface area contributed by atoms with Crippen LogP contribution in [0.15, 0.2) is 4.42 Å². The molecule has 0 bridgehead atoms. The van der Waals surface area contributed by atoms with Gasteiger partial charge in [0.2, 0.25) is 5.89 Å². The number of hydrogen-bond acceptors (Lipinski definition) is 4. The third kappa shape index (κ3) is 3.55. The lowest BCUT2D eigenvalue weighted by atomic mass is 10.3. The van der Waals surface area contributed by atoms with Crippen molar-refractivity contribution < 1.29 is 17.6 Å². The van der Waals surface area contributed by atoms with E-state index in [2.05, 4.69) is 10.2 Å². The molecule has 0 atom stereocenters. The number of hydrogen-bond donors (Lipinski definition) is 0. The number of alkyl halides is 4. The monoisotopic (exact) mass is 257 g/mol. The van der Waals surface area contributed by atoms with Crippen molar-refractivity contribution in [3.05, 3.63) is 5.89 Å². The van der Waals surface area contributed by atoms with Crippen LogP contribution in [0.25, 0.3) is 0 Å². The lowest BCUT2D eigenvalue weighted by molar-refractivity contribution is -0.121. The van der Waals surface area contributed by atoms with Gasteiger partial charge in [-0.15, -0.1) is 16.7 Å². The molecule has 0 aliphatic heterocycles. The van der Waals surface area contributed by atoms with Crippen LogP contribution in [0.1, 0.15) is 19.7 Å². The molecule has 1 rings (SSSR count). The highest BCUT2D eigenvalue weighted by Gasteiger charge is 2.34. The molecule has 1 aromatic rings. The van der Waals surface area contributed by atoms with Crippen molar-refractivity contribution in [3.8, 4) is 0 Å². The predicted octanol–water partition coefficient (Wildman–Crippen LogP) is 2.59. The van der Waals surface area contributed by atoms with E-state index in [0.717, 1.165) is 4.90 Å². The number of aromatic nitrogens is 2. The Hall–Kier alpha value is -0.980. The standard InChI is InChI=1S/C8H11ClF3N3O/c1-5(2)15(4-8(10,11)12)7-14-13-6(3-9)16-7/h5H,3-4H2,1-2H3. The Kier molecular flexibility index (Phi) is 4.01. The molecule has 16 heavy (non-hydrogen) atoms. The van der Waals surface area contributed by atoms with Gasteiger partial charge >= 0.3 is 12.2 Å². The largest absolute Gasteiger partial charge is 0.407 e. The molecule has 0 amide bonds. The minimum absolute atomic E-state index is 0.0229. The second-order valence-corrected chi connectivity index (χ2v) is 3.72. The van der Waals surface area contributed by atoms with Crippen LogP contribution in [0.4, 0.5) is 19.2 Å². The molecule has 0 aromatic carbocycles. The van der Waals surface area contributed by atoms with E-state index in [9.17, 15) is 13.2 Å². The fraction of sp³-hybridized carbons (Fsp3) is 0.750. The summed E-state index contributed by atoms with van der Waals surface area (Å²) < 4.78 is 41.8. The lowest BCUT2D eigenvalue weighted by Gasteiger charge is -2.25. The van der Waals surface area contributed by atoms with Crippen molar-refractivity contribution in [2.24, 2.45) is 0 Å². The van der Waals surface area contributed by atoms with Crippen LogP contribution in [0, 0.1) is 0 Å². The van der Waals surface area contributed by atoms with Gasteiger partial charge in [-0.1, -0.05) is 5.10 Å². The topological polar surface area (TPSA) is 42.2 Å². The lowest BCUT2D eigenvalue weighted by Crippen LogP contribution is -2.39. The Bertz CT molecular complexity index is 340. The summed E-state index contributed by atoms with van der Waals surface area (Å²) in [4.78, 5) is 0.975. The smallest absolute Gasteiger partial charge is 0.406 e. The van der Waals surface area contributed by atoms with Gasteiger partial charge in [-0.3, -0.25) is 0 Å². The first kappa shape index (κ1) is 13.1. The zero-order valence-corrected chi connectivity index (χ0v) is 9.51. The molecule has 0 N–H and O–H groups in total. The molecule has 0 spiro atoms. The van der Waals surface area contributed by atoms with Crippen molar-refractivity contribution >= 4 is 17.6 Å². The van der Waals surface area contributed by atoms with Crippen molar-refractivity contribution in [1.82, 2.24) is 10.2 Å². The van der Waals surface area contributed by atoms with Crippen LogP contribution in [0.2, 0.25) is 0 Å². The summed E-state index contributed by atoms with van der Waals surface area (Å²) in [6.45, 7) is 2.08. The first-order chi connectivity index (χ1) is 7.33. The molecule has 1 heterocycles. The molecule has 0 fully saturated rings. The Labute approximate surface area is 95.4 Å². The van der Waals surface area contributed by atoms with Crippen LogP contribution in [0.3, 0.4) is 0 Å². The minimum Gasteiger partial charge on any atom is -0.407 e. The third-order valence-electron chi connectivity index (χ3n) is 1.79. The summed E-state index contributed by atoms with van der Waals surface area (Å²) in [7, 11) is 0. The Morgan fingerprint density at radius 1 is 1.38 bits per heavy atom. The van der Waals surface area contributed by atoms with Crippen LogP contribution in [-0.4, -0.2) is 29.0 Å². The fourth-order valence-electron chi connectivity index (χ4n) is 1.08. The molecule has 1 aromatic heterocycles. The van der Waals surface area contributed by atoms with Gasteiger partial charge in [-0.25, -0.2) is 0 Å². The molecule has 0 unspecified atom stereocenters. The maximum Gasteiger partial charge on any atom is 0.406 e. The third-order valence-corrected chi connectivity index (χ3v) is 2.02. The van der Waals surface area contributed by atoms with E-state index < -0.39 is 18.8 Å². The van der Waals surface area contributed by atoms with E-state index in [-0.39, 0.29) is 17.8 Å². The first-order valence-corrected chi connectivity index (χ1v) is 5.08. The quantitative estimate of drug-likeness (QED) is 0.778. The summed E-state index contributed by atoms with van der Waals surface area (Å²) in [6.07, 6.45) is -4.32. The van der Waals surface area contributed by atoms with Crippen LogP contribution < -0.4 is 4.90 Å². The van der Waals surface area contributed by atoms with Gasteiger partial charge in [-0.2, -0.15) is 13.2 Å². The Morgan fingerprint density at radius 2 is 2.00 bits per heavy atom. The number of halogens is 4. The normalized spacial score (nSPS) is 12.2. The fourth-order valence-corrected chi connectivity index (χ4v) is 1.19. The molecular formula is C8H11ClF3N3O. The highest BCUT2D eigenvalue weighted by molar-refractivity contribution is 6.16. The van der Waals surface area contributed by atoms with E-state index in [4.69, 9.17) is 16.0 Å². The van der Waals surface area contributed by atoms with Gasteiger partial charge in [0.05, 0.1) is 0 Å². The SMILES string of the molecule is CC(C)N(CC(F)(F)F)c1nnc(CCl)o1. The molecule has 8 heteroatoms. The van der Waals surface area contributed by atoms with Crippen molar-refractivity contribution in [1.29, 1.82) is 0 Å². The molecule has 0 saturated heterocycles. The van der Waals surface area contributed by atoms with Crippen LogP contribution in [-0.2, 0) is 5.88 Å². The summed E-state index contributed by atoms with van der Waals surface area (Å²) in [5.74, 6) is 0.0785. The summed E-state index contributed by atoms with van der Waals surface area (Å²) in [6, 6.07) is -0.562. The van der Waals surface area contributed by atoms with Crippen molar-refractivity contribution in [2.75, 3.05) is 11.4 Å². The van der Waals surface area contributed by atoms with Crippen molar-refractivity contribution in [2.45, 2.75) is 31.9 Å². The van der Waals surface area contributed by atoms with Crippen molar-refractivity contribution in [3.63, 3.8) is 0 Å². The zero-order chi connectivity index (χ0) is 12.3. The average molecular weight is 258 g/mol. The molecule has 0 radical (unpaired) electrons. The average Bonchev–Trinajstić information content (AvgIpc) is 2.60. The molecule has 0 aliphatic rings. The van der Waals surface area contributed by atoms with E-state index >= 15 is 0 Å². The highest BCUT2D eigenvalue weighted by atomic mass is 35.5. The molecule has 4 nitrogen and oxygen atoms in total. The summed E-state index contributed by atoms with van der Waals surface area (Å²) in [5, 5.41) is 7.03. The summed E-state index contributed by atoms with van der Waals surface area (Å²) in [5.41, 5.74) is 0. The first-order valence-electron chi connectivity index (χ1n) is 4.55. The van der Waals surface area contributed by atoms with Gasteiger partial charge in [0.15, 0.2) is 0 Å². The molecule has 92 valence electrons. The second kappa shape index (κ2) is 4.90. The minimum atomic E-state index is -4.32. The molecule has 0 saturated carbocycles. The van der Waals surface area contributed by atoms with Gasteiger partial charge in [0, 0.05) is 6.04 Å². The number of anilines is 1. The van der Waals surface area contributed by atoms with Gasteiger partial charge in [0.25, 0.3) is 0 Å². The Morgan fingerprint density at radius 3 is 2.38 bits per heavy atom. The maximum absolute atomic E-state index is 12.3. The second-order valence-electron chi connectivity index (χ2n) is 3.45. The van der Waals surface area contributed by atoms with E-state index in [1.54, 1.807) is 13.8 Å². The van der Waals surface area contributed by atoms with Crippen LogP contribution in [0.5, 0.6) is 0 Å². The van der Waals surface area contributed by atoms with Crippen LogP contribution >= 0.6 is 11.6 Å². The van der Waals surface area contributed by atoms with Gasteiger partial charge in [-0.05, 0) is 13.8 Å². The van der Waals surface area contributed by atoms with E-state index in [1.807, 2.05) is 0 Å². The van der Waals surface area contributed by atoms with E-state index in [1.165, 1.54) is 0 Å².